The van der Waals surface area contributed by atoms with Gasteiger partial charge in [0.15, 0.2) is 0 Å². The van der Waals surface area contributed by atoms with E-state index in [1.807, 2.05) is 0 Å². The first kappa shape index (κ1) is 14.3. The summed E-state index contributed by atoms with van der Waals surface area (Å²) in [5.74, 6) is 0.450. The van der Waals surface area contributed by atoms with Crippen molar-refractivity contribution in [3.8, 4) is 0 Å². The van der Waals surface area contributed by atoms with Crippen molar-refractivity contribution in [3.05, 3.63) is 33.4 Å². The van der Waals surface area contributed by atoms with Crippen molar-refractivity contribution in [1.82, 2.24) is 0 Å². The van der Waals surface area contributed by atoms with E-state index < -0.39 is 0 Å². The van der Waals surface area contributed by atoms with Gasteiger partial charge in [-0.25, -0.2) is 0 Å². The molecule has 1 N–H and O–H groups in total. The average molecular weight is 358 g/mol. The van der Waals surface area contributed by atoms with Gasteiger partial charge in [-0.3, -0.25) is 0 Å². The van der Waals surface area contributed by atoms with E-state index in [1.165, 1.54) is 34.8 Å². The van der Waals surface area contributed by atoms with Gasteiger partial charge in [0.25, 0.3) is 0 Å². The molecule has 1 aliphatic carbocycles. The third kappa shape index (κ3) is 3.47. The van der Waals surface area contributed by atoms with E-state index in [4.69, 9.17) is 0 Å². The molecule has 1 aromatic carbocycles. The van der Waals surface area contributed by atoms with Crippen molar-refractivity contribution in [2.75, 3.05) is 0 Å². The summed E-state index contributed by atoms with van der Waals surface area (Å²) in [6.07, 6.45) is 5.63. The SMILES string of the molecule is CC1(C)CCCCC1C(O)Cc1ccc(I)cc1. The Kier molecular flexibility index (Phi) is 4.70. The maximum Gasteiger partial charge on any atom is 0.0613 e. The predicted octanol–water partition coefficient (Wildman–Crippen LogP) is 4.41. The van der Waals surface area contributed by atoms with Crippen LogP contribution in [-0.2, 0) is 6.42 Å². The van der Waals surface area contributed by atoms with Crippen LogP contribution in [0.3, 0.4) is 0 Å². The van der Waals surface area contributed by atoms with E-state index in [-0.39, 0.29) is 6.10 Å². The molecule has 0 bridgehead atoms. The van der Waals surface area contributed by atoms with Crippen LogP contribution in [0, 0.1) is 14.9 Å². The molecular weight excluding hydrogens is 335 g/mol. The summed E-state index contributed by atoms with van der Waals surface area (Å²) in [5, 5.41) is 10.5. The van der Waals surface area contributed by atoms with Crippen molar-refractivity contribution in [2.45, 2.75) is 52.1 Å². The van der Waals surface area contributed by atoms with Gasteiger partial charge in [0, 0.05) is 3.57 Å². The molecule has 0 aliphatic heterocycles. The van der Waals surface area contributed by atoms with Gasteiger partial charge in [0.1, 0.15) is 0 Å². The number of aliphatic hydroxyl groups is 1. The zero-order chi connectivity index (χ0) is 13.2. The third-order valence-electron chi connectivity index (χ3n) is 4.41. The molecule has 2 atom stereocenters. The van der Waals surface area contributed by atoms with Crippen LogP contribution in [0.1, 0.15) is 45.1 Å². The Morgan fingerprint density at radius 2 is 1.94 bits per heavy atom. The maximum absolute atomic E-state index is 10.5. The molecule has 2 unspecified atom stereocenters. The van der Waals surface area contributed by atoms with Gasteiger partial charge >= 0.3 is 0 Å². The van der Waals surface area contributed by atoms with Crippen molar-refractivity contribution in [2.24, 2.45) is 11.3 Å². The zero-order valence-electron chi connectivity index (χ0n) is 11.3. The molecule has 100 valence electrons. The van der Waals surface area contributed by atoms with Crippen molar-refractivity contribution in [1.29, 1.82) is 0 Å². The van der Waals surface area contributed by atoms with E-state index in [1.54, 1.807) is 0 Å². The molecule has 1 nitrogen and oxygen atoms in total. The fraction of sp³-hybridized carbons (Fsp3) is 0.625. The highest BCUT2D eigenvalue weighted by Gasteiger charge is 2.36. The molecule has 0 spiro atoms. The zero-order valence-corrected chi connectivity index (χ0v) is 13.5. The standard InChI is InChI=1S/C16H23IO/c1-16(2)10-4-3-5-14(16)15(18)11-12-6-8-13(17)9-7-12/h6-9,14-15,18H,3-5,10-11H2,1-2H3. The molecule has 1 aliphatic rings. The smallest absolute Gasteiger partial charge is 0.0613 e. The first-order chi connectivity index (χ1) is 8.49. The number of aliphatic hydroxyl groups excluding tert-OH is 1. The fourth-order valence-corrected chi connectivity index (χ4v) is 3.60. The van der Waals surface area contributed by atoms with E-state index in [2.05, 4.69) is 60.7 Å². The maximum atomic E-state index is 10.5. The molecule has 1 saturated carbocycles. The lowest BCUT2D eigenvalue weighted by molar-refractivity contribution is 0.00580. The van der Waals surface area contributed by atoms with Crippen LogP contribution in [0.5, 0.6) is 0 Å². The van der Waals surface area contributed by atoms with Gasteiger partial charge in [-0.2, -0.15) is 0 Å². The molecule has 0 aromatic heterocycles. The summed E-state index contributed by atoms with van der Waals surface area (Å²) in [6.45, 7) is 4.63. The minimum absolute atomic E-state index is 0.194. The van der Waals surface area contributed by atoms with Gasteiger partial charge in [-0.05, 0) is 70.9 Å². The van der Waals surface area contributed by atoms with E-state index in [0.29, 0.717) is 11.3 Å². The molecule has 1 aromatic rings. The summed E-state index contributed by atoms with van der Waals surface area (Å²) in [5.41, 5.74) is 1.55. The van der Waals surface area contributed by atoms with E-state index in [0.717, 1.165) is 6.42 Å². The van der Waals surface area contributed by atoms with Gasteiger partial charge in [-0.1, -0.05) is 38.8 Å². The number of hydrogen-bond donors (Lipinski definition) is 1. The molecule has 1 fully saturated rings. The summed E-state index contributed by atoms with van der Waals surface area (Å²) in [6, 6.07) is 8.52. The Morgan fingerprint density at radius 1 is 1.28 bits per heavy atom. The van der Waals surface area contributed by atoms with Crippen LogP contribution < -0.4 is 0 Å². The topological polar surface area (TPSA) is 20.2 Å². The Morgan fingerprint density at radius 3 is 2.56 bits per heavy atom. The molecule has 0 heterocycles. The first-order valence-corrected chi connectivity index (χ1v) is 7.99. The second kappa shape index (κ2) is 5.91. The summed E-state index contributed by atoms with van der Waals surface area (Å²) in [4.78, 5) is 0. The summed E-state index contributed by atoms with van der Waals surface area (Å²) in [7, 11) is 0. The van der Waals surface area contributed by atoms with E-state index >= 15 is 0 Å². The van der Waals surface area contributed by atoms with Crippen LogP contribution in [0.4, 0.5) is 0 Å². The van der Waals surface area contributed by atoms with Gasteiger partial charge in [0.2, 0.25) is 0 Å². The second-order valence-corrected chi connectivity index (χ2v) is 7.48. The molecule has 18 heavy (non-hydrogen) atoms. The van der Waals surface area contributed by atoms with Gasteiger partial charge in [-0.15, -0.1) is 0 Å². The van der Waals surface area contributed by atoms with Crippen LogP contribution in [0.15, 0.2) is 24.3 Å². The number of halogens is 1. The Labute approximate surface area is 124 Å². The Bertz CT molecular complexity index is 383. The fourth-order valence-electron chi connectivity index (χ4n) is 3.24. The van der Waals surface area contributed by atoms with Crippen molar-refractivity contribution in [3.63, 3.8) is 0 Å². The van der Waals surface area contributed by atoms with Gasteiger partial charge < -0.3 is 5.11 Å². The lowest BCUT2D eigenvalue weighted by Crippen LogP contribution is -2.37. The van der Waals surface area contributed by atoms with Crippen LogP contribution in [0.2, 0.25) is 0 Å². The van der Waals surface area contributed by atoms with Crippen molar-refractivity contribution < 1.29 is 5.11 Å². The molecular formula is C16H23IO. The summed E-state index contributed by atoms with van der Waals surface area (Å²) < 4.78 is 1.25. The summed E-state index contributed by atoms with van der Waals surface area (Å²) >= 11 is 2.32. The quantitative estimate of drug-likeness (QED) is 0.794. The molecule has 0 radical (unpaired) electrons. The minimum Gasteiger partial charge on any atom is -0.392 e. The van der Waals surface area contributed by atoms with Gasteiger partial charge in [0.05, 0.1) is 6.10 Å². The highest BCUT2D eigenvalue weighted by molar-refractivity contribution is 14.1. The highest BCUT2D eigenvalue weighted by Crippen LogP contribution is 2.42. The molecule has 2 heteroatoms. The van der Waals surface area contributed by atoms with Crippen LogP contribution in [-0.4, -0.2) is 11.2 Å². The third-order valence-corrected chi connectivity index (χ3v) is 5.13. The molecule has 0 saturated heterocycles. The average Bonchev–Trinajstić information content (AvgIpc) is 2.31. The largest absolute Gasteiger partial charge is 0.392 e. The van der Waals surface area contributed by atoms with Crippen LogP contribution >= 0.6 is 22.6 Å². The normalized spacial score (nSPS) is 24.8. The highest BCUT2D eigenvalue weighted by atomic mass is 127. The van der Waals surface area contributed by atoms with Crippen molar-refractivity contribution >= 4 is 22.6 Å². The minimum atomic E-state index is -0.194. The first-order valence-electron chi connectivity index (χ1n) is 6.91. The Hall–Kier alpha value is -0.0900. The molecule has 2 rings (SSSR count). The number of benzene rings is 1. The lowest BCUT2D eigenvalue weighted by Gasteiger charge is -2.41. The Balaban J connectivity index is 2.02. The second-order valence-electron chi connectivity index (χ2n) is 6.24. The number of hydrogen-bond acceptors (Lipinski definition) is 1. The van der Waals surface area contributed by atoms with Crippen LogP contribution in [0.25, 0.3) is 0 Å². The van der Waals surface area contributed by atoms with E-state index in [9.17, 15) is 5.11 Å². The molecule has 0 amide bonds. The number of rotatable bonds is 3. The monoisotopic (exact) mass is 358 g/mol. The lowest BCUT2D eigenvalue weighted by atomic mass is 9.66. The predicted molar refractivity (Wildman–Crippen MR) is 84.6 cm³/mol.